The van der Waals surface area contributed by atoms with E-state index in [1.165, 1.54) is 11.3 Å². The summed E-state index contributed by atoms with van der Waals surface area (Å²) in [4.78, 5) is 26.1. The van der Waals surface area contributed by atoms with Gasteiger partial charge in [-0.05, 0) is 74.1 Å². The Bertz CT molecular complexity index is 1070. The van der Waals surface area contributed by atoms with Crippen LogP contribution in [0.5, 0.6) is 5.75 Å². The highest BCUT2D eigenvalue weighted by molar-refractivity contribution is 7.16. The van der Waals surface area contributed by atoms with Crippen LogP contribution >= 0.6 is 11.3 Å². The molecule has 0 saturated heterocycles. The van der Waals surface area contributed by atoms with Gasteiger partial charge in [-0.2, -0.15) is 5.26 Å². The highest BCUT2D eigenvalue weighted by Crippen LogP contribution is 2.34. The van der Waals surface area contributed by atoms with Gasteiger partial charge in [0.05, 0.1) is 19.3 Å². The number of hydrogen-bond donors (Lipinski definition) is 1. The van der Waals surface area contributed by atoms with E-state index >= 15 is 0 Å². The quantitative estimate of drug-likeness (QED) is 0.347. The molecule has 1 heterocycles. The molecule has 164 valence electrons. The molecule has 0 aliphatic rings. The number of ether oxygens (including phenoxy) is 2. The Morgan fingerprint density at radius 1 is 1.26 bits per heavy atom. The number of anilines is 1. The largest absolute Gasteiger partial charge is 0.496 e. The smallest absolute Gasteiger partial charge is 0.341 e. The van der Waals surface area contributed by atoms with Gasteiger partial charge in [0.1, 0.15) is 22.4 Å². The summed E-state index contributed by atoms with van der Waals surface area (Å²) in [5.41, 5.74) is 3.68. The number of nitrogens with one attached hydrogen (secondary N) is 1. The van der Waals surface area contributed by atoms with E-state index in [4.69, 9.17) is 9.47 Å². The van der Waals surface area contributed by atoms with Gasteiger partial charge in [0.2, 0.25) is 0 Å². The van der Waals surface area contributed by atoms with Crippen molar-refractivity contribution in [2.45, 2.75) is 47.5 Å². The minimum Gasteiger partial charge on any atom is -0.496 e. The van der Waals surface area contributed by atoms with Gasteiger partial charge in [-0.15, -0.1) is 11.3 Å². The zero-order valence-electron chi connectivity index (χ0n) is 19.0. The maximum atomic E-state index is 12.9. The maximum absolute atomic E-state index is 12.9. The number of aryl methyl sites for hydroxylation is 2. The summed E-state index contributed by atoms with van der Waals surface area (Å²) >= 11 is 1.29. The second-order valence-electron chi connectivity index (χ2n) is 7.44. The van der Waals surface area contributed by atoms with Crippen molar-refractivity contribution in [3.05, 3.63) is 50.4 Å². The molecule has 0 fully saturated rings. The SMILES string of the molecule is CCOC(=O)c1c(NC(=O)/C(C#N)=C/c2cc(C(C)C)c(OC)cc2C)sc(C)c1C. The van der Waals surface area contributed by atoms with Crippen LogP contribution in [-0.2, 0) is 9.53 Å². The first-order chi connectivity index (χ1) is 14.6. The Morgan fingerprint density at radius 3 is 2.48 bits per heavy atom. The zero-order chi connectivity index (χ0) is 23.3. The monoisotopic (exact) mass is 440 g/mol. The molecule has 0 radical (unpaired) electrons. The second-order valence-corrected chi connectivity index (χ2v) is 8.66. The summed E-state index contributed by atoms with van der Waals surface area (Å²) in [6.45, 7) is 11.6. The number of amides is 1. The van der Waals surface area contributed by atoms with E-state index in [9.17, 15) is 14.9 Å². The van der Waals surface area contributed by atoms with Gasteiger partial charge in [-0.1, -0.05) is 13.8 Å². The molecule has 0 aliphatic carbocycles. The topological polar surface area (TPSA) is 88.4 Å². The molecule has 0 atom stereocenters. The molecule has 1 N–H and O–H groups in total. The number of carbonyl (C=O) groups is 2. The minimum absolute atomic E-state index is 0.0542. The molecule has 31 heavy (non-hydrogen) atoms. The van der Waals surface area contributed by atoms with Gasteiger partial charge in [-0.3, -0.25) is 4.79 Å². The molecule has 7 heteroatoms. The molecular weight excluding hydrogens is 412 g/mol. The lowest BCUT2D eigenvalue weighted by molar-refractivity contribution is -0.112. The van der Waals surface area contributed by atoms with Gasteiger partial charge in [0, 0.05) is 4.88 Å². The van der Waals surface area contributed by atoms with Gasteiger partial charge in [-0.25, -0.2) is 4.79 Å². The van der Waals surface area contributed by atoms with Crippen molar-refractivity contribution in [3.8, 4) is 11.8 Å². The molecular formula is C24H28N2O4S. The van der Waals surface area contributed by atoms with Crippen molar-refractivity contribution in [3.63, 3.8) is 0 Å². The van der Waals surface area contributed by atoms with E-state index in [1.54, 1.807) is 20.1 Å². The first-order valence-corrected chi connectivity index (χ1v) is 10.8. The van der Waals surface area contributed by atoms with Gasteiger partial charge < -0.3 is 14.8 Å². The van der Waals surface area contributed by atoms with E-state index in [2.05, 4.69) is 19.2 Å². The van der Waals surface area contributed by atoms with Crippen molar-refractivity contribution in [1.82, 2.24) is 0 Å². The third-order valence-corrected chi connectivity index (χ3v) is 6.12. The fourth-order valence-electron chi connectivity index (χ4n) is 3.14. The number of esters is 1. The van der Waals surface area contributed by atoms with E-state index in [-0.39, 0.29) is 18.1 Å². The first-order valence-electron chi connectivity index (χ1n) is 10.0. The van der Waals surface area contributed by atoms with Crippen LogP contribution < -0.4 is 10.1 Å². The summed E-state index contributed by atoms with van der Waals surface area (Å²) < 4.78 is 10.6. The molecule has 1 amide bonds. The molecule has 6 nitrogen and oxygen atoms in total. The molecule has 0 unspecified atom stereocenters. The standard InChI is InChI=1S/C24H28N2O4S/c1-8-30-24(28)21-15(5)16(6)31-23(21)26-22(27)18(12-25)10-17-11-19(13(2)3)20(29-7)9-14(17)4/h9-11,13H,8H2,1-7H3,(H,26,27)/b18-10+. The lowest BCUT2D eigenvalue weighted by atomic mass is 9.95. The number of rotatable bonds is 7. The number of hydrogen-bond acceptors (Lipinski definition) is 6. The summed E-state index contributed by atoms with van der Waals surface area (Å²) in [7, 11) is 1.62. The van der Waals surface area contributed by atoms with Crippen LogP contribution in [0.2, 0.25) is 0 Å². The van der Waals surface area contributed by atoms with E-state index in [0.717, 1.165) is 32.9 Å². The number of thiophene rings is 1. The Hall–Kier alpha value is -3.11. The van der Waals surface area contributed by atoms with Crippen molar-refractivity contribution < 1.29 is 19.1 Å². The Kier molecular flexibility index (Phi) is 8.01. The van der Waals surface area contributed by atoms with E-state index < -0.39 is 11.9 Å². The van der Waals surface area contributed by atoms with Crippen LogP contribution in [0.15, 0.2) is 17.7 Å². The normalized spacial score (nSPS) is 11.3. The molecule has 2 aromatic rings. The van der Waals surface area contributed by atoms with Crippen molar-refractivity contribution in [2.24, 2.45) is 0 Å². The average molecular weight is 441 g/mol. The fourth-order valence-corrected chi connectivity index (χ4v) is 4.18. The highest BCUT2D eigenvalue weighted by Gasteiger charge is 2.23. The molecule has 0 bridgehead atoms. The number of methoxy groups -OCH3 is 1. The highest BCUT2D eigenvalue weighted by atomic mass is 32.1. The third kappa shape index (κ3) is 5.33. The molecule has 1 aromatic heterocycles. The Labute approximate surface area is 187 Å². The zero-order valence-corrected chi connectivity index (χ0v) is 19.8. The second kappa shape index (κ2) is 10.3. The minimum atomic E-state index is -0.574. The van der Waals surface area contributed by atoms with Crippen LogP contribution in [0, 0.1) is 32.1 Å². The van der Waals surface area contributed by atoms with Crippen LogP contribution in [0.1, 0.15) is 64.2 Å². The average Bonchev–Trinajstić information content (AvgIpc) is 2.99. The first kappa shape index (κ1) is 24.2. The third-order valence-electron chi connectivity index (χ3n) is 5.00. The van der Waals surface area contributed by atoms with Crippen molar-refractivity contribution in [2.75, 3.05) is 19.0 Å². The molecule has 2 rings (SSSR count). The van der Waals surface area contributed by atoms with E-state index in [0.29, 0.717) is 10.6 Å². The Balaban J connectivity index is 2.44. The van der Waals surface area contributed by atoms with Crippen LogP contribution in [-0.4, -0.2) is 25.6 Å². The number of benzene rings is 1. The summed E-state index contributed by atoms with van der Waals surface area (Å²) in [6.07, 6.45) is 1.56. The lowest BCUT2D eigenvalue weighted by Crippen LogP contribution is -2.16. The van der Waals surface area contributed by atoms with Gasteiger partial charge >= 0.3 is 5.97 Å². The van der Waals surface area contributed by atoms with Crippen molar-refractivity contribution in [1.29, 1.82) is 5.26 Å². The fraction of sp³-hybridized carbons (Fsp3) is 0.375. The van der Waals surface area contributed by atoms with E-state index in [1.807, 2.05) is 39.0 Å². The van der Waals surface area contributed by atoms with Crippen LogP contribution in [0.25, 0.3) is 6.08 Å². The molecule has 1 aromatic carbocycles. The predicted octanol–water partition coefficient (Wildman–Crippen LogP) is 5.53. The number of nitriles is 1. The van der Waals surface area contributed by atoms with Gasteiger partial charge in [0.15, 0.2) is 0 Å². The summed E-state index contributed by atoms with van der Waals surface area (Å²) in [6, 6.07) is 5.82. The number of nitrogens with zero attached hydrogens (tertiary/aromatic N) is 1. The lowest BCUT2D eigenvalue weighted by Gasteiger charge is -2.15. The van der Waals surface area contributed by atoms with Gasteiger partial charge in [0.25, 0.3) is 5.91 Å². The molecule has 0 saturated carbocycles. The maximum Gasteiger partial charge on any atom is 0.341 e. The Morgan fingerprint density at radius 2 is 1.94 bits per heavy atom. The van der Waals surface area contributed by atoms with Crippen molar-refractivity contribution >= 4 is 34.3 Å². The summed E-state index contributed by atoms with van der Waals surface area (Å²) in [5.74, 6) is -0.0761. The molecule has 0 spiro atoms. The predicted molar refractivity (Wildman–Crippen MR) is 124 cm³/mol. The number of carbonyl (C=O) groups excluding carboxylic acids is 2. The summed E-state index contributed by atoms with van der Waals surface area (Å²) in [5, 5.41) is 12.7. The molecule has 0 aliphatic heterocycles. The van der Waals surface area contributed by atoms with Crippen LogP contribution in [0.4, 0.5) is 5.00 Å². The van der Waals surface area contributed by atoms with Crippen LogP contribution in [0.3, 0.4) is 0 Å².